The Hall–Kier alpha value is -0.480. The smallest absolute Gasteiger partial charge is 0.133 e. The molecule has 1 aliphatic carbocycles. The van der Waals surface area contributed by atoms with Crippen LogP contribution in [0.25, 0.3) is 0 Å². The third-order valence-corrected chi connectivity index (χ3v) is 4.19. The number of carbonyl (C=O) groups is 1. The van der Waals surface area contributed by atoms with Crippen molar-refractivity contribution in [2.75, 3.05) is 12.9 Å². The standard InChI is InChI=1S/C10H15NO2S/c1-11-6-9(14-7-11)10(13)4-2-8(12)3-5-10/h6,13H,2-5,7H2,1H3. The Bertz CT molecular complexity index is 278. The molecule has 0 radical (unpaired) electrons. The van der Waals surface area contributed by atoms with Crippen molar-refractivity contribution in [1.29, 1.82) is 0 Å². The second kappa shape index (κ2) is 3.59. The van der Waals surface area contributed by atoms with Gasteiger partial charge in [0, 0.05) is 31.0 Å². The van der Waals surface area contributed by atoms with Crippen LogP contribution in [0.4, 0.5) is 0 Å². The van der Waals surface area contributed by atoms with Gasteiger partial charge in [-0.05, 0) is 12.8 Å². The van der Waals surface area contributed by atoms with Gasteiger partial charge in [0.25, 0.3) is 0 Å². The van der Waals surface area contributed by atoms with Crippen LogP contribution in [0.2, 0.25) is 0 Å². The van der Waals surface area contributed by atoms with Crippen LogP contribution in [-0.4, -0.2) is 34.3 Å². The van der Waals surface area contributed by atoms with Gasteiger partial charge in [0.2, 0.25) is 0 Å². The number of nitrogens with zero attached hydrogens (tertiary/aromatic N) is 1. The first-order chi connectivity index (χ1) is 6.60. The minimum absolute atomic E-state index is 0.284. The number of Topliss-reactive ketones (excluding diaryl/α,β-unsaturated/α-hetero) is 1. The van der Waals surface area contributed by atoms with Crippen LogP contribution in [0, 0.1) is 0 Å². The maximum Gasteiger partial charge on any atom is 0.133 e. The molecular formula is C10H15NO2S. The topological polar surface area (TPSA) is 40.5 Å². The second-order valence-corrected chi connectivity index (χ2v) is 5.08. The van der Waals surface area contributed by atoms with E-state index in [2.05, 4.69) is 4.90 Å². The van der Waals surface area contributed by atoms with Crippen LogP contribution in [0.5, 0.6) is 0 Å². The molecule has 0 aromatic carbocycles. The molecule has 0 bridgehead atoms. The summed E-state index contributed by atoms with van der Waals surface area (Å²) in [7, 11) is 2.00. The first-order valence-corrected chi connectivity index (χ1v) is 5.88. The lowest BCUT2D eigenvalue weighted by molar-refractivity contribution is -0.123. The van der Waals surface area contributed by atoms with Gasteiger partial charge in [-0.1, -0.05) is 0 Å². The molecule has 2 rings (SSSR count). The summed E-state index contributed by atoms with van der Waals surface area (Å²) in [5.74, 6) is 1.19. The van der Waals surface area contributed by atoms with Crippen LogP contribution in [0.3, 0.4) is 0 Å². The van der Waals surface area contributed by atoms with Crippen molar-refractivity contribution in [3.8, 4) is 0 Å². The summed E-state index contributed by atoms with van der Waals surface area (Å²) in [6.45, 7) is 0. The zero-order valence-electron chi connectivity index (χ0n) is 8.32. The van der Waals surface area contributed by atoms with Crippen LogP contribution in [0.15, 0.2) is 11.1 Å². The van der Waals surface area contributed by atoms with Gasteiger partial charge >= 0.3 is 0 Å². The predicted octanol–water partition coefficient (Wildman–Crippen LogP) is 1.34. The highest BCUT2D eigenvalue weighted by atomic mass is 32.2. The molecule has 1 saturated carbocycles. The molecule has 0 atom stereocenters. The van der Waals surface area contributed by atoms with E-state index in [1.807, 2.05) is 13.2 Å². The molecule has 0 unspecified atom stereocenters. The summed E-state index contributed by atoms with van der Waals surface area (Å²) < 4.78 is 0. The van der Waals surface area contributed by atoms with Crippen molar-refractivity contribution in [2.24, 2.45) is 0 Å². The fourth-order valence-electron chi connectivity index (χ4n) is 1.89. The van der Waals surface area contributed by atoms with E-state index in [-0.39, 0.29) is 5.78 Å². The van der Waals surface area contributed by atoms with Crippen LogP contribution >= 0.6 is 11.8 Å². The molecule has 0 saturated heterocycles. The number of hydrogen-bond donors (Lipinski definition) is 1. The molecule has 1 N–H and O–H groups in total. The molecule has 0 spiro atoms. The minimum Gasteiger partial charge on any atom is -0.385 e. The van der Waals surface area contributed by atoms with Gasteiger partial charge in [-0.3, -0.25) is 4.79 Å². The summed E-state index contributed by atoms with van der Waals surface area (Å²) >= 11 is 1.68. The van der Waals surface area contributed by atoms with Gasteiger partial charge in [-0.2, -0.15) is 0 Å². The molecule has 2 aliphatic rings. The highest BCUT2D eigenvalue weighted by Gasteiger charge is 2.37. The lowest BCUT2D eigenvalue weighted by Gasteiger charge is -2.31. The van der Waals surface area contributed by atoms with E-state index >= 15 is 0 Å². The Balaban J connectivity index is 2.09. The number of aliphatic hydroxyl groups is 1. The summed E-state index contributed by atoms with van der Waals surface area (Å²) in [4.78, 5) is 14.2. The molecule has 0 aromatic heterocycles. The highest BCUT2D eigenvalue weighted by Crippen LogP contribution is 2.41. The van der Waals surface area contributed by atoms with Crippen molar-refractivity contribution in [3.63, 3.8) is 0 Å². The van der Waals surface area contributed by atoms with E-state index in [1.165, 1.54) is 0 Å². The zero-order chi connectivity index (χ0) is 10.2. The van der Waals surface area contributed by atoms with Crippen molar-refractivity contribution in [3.05, 3.63) is 11.1 Å². The third-order valence-electron chi connectivity index (χ3n) is 2.85. The van der Waals surface area contributed by atoms with Crippen molar-refractivity contribution < 1.29 is 9.90 Å². The third kappa shape index (κ3) is 1.81. The lowest BCUT2D eigenvalue weighted by Crippen LogP contribution is -2.34. The lowest BCUT2D eigenvalue weighted by atomic mass is 9.84. The van der Waals surface area contributed by atoms with Gasteiger partial charge in [0.15, 0.2) is 0 Å². The fraction of sp³-hybridized carbons (Fsp3) is 0.700. The molecule has 78 valence electrons. The molecule has 1 heterocycles. The monoisotopic (exact) mass is 213 g/mol. The van der Waals surface area contributed by atoms with Gasteiger partial charge in [0.05, 0.1) is 11.5 Å². The first-order valence-electron chi connectivity index (χ1n) is 4.90. The maximum atomic E-state index is 11.1. The number of thioether (sulfide) groups is 1. The Kier molecular flexibility index (Phi) is 2.58. The molecular weight excluding hydrogens is 198 g/mol. The number of ketones is 1. The van der Waals surface area contributed by atoms with E-state index in [4.69, 9.17) is 0 Å². The zero-order valence-corrected chi connectivity index (χ0v) is 9.14. The summed E-state index contributed by atoms with van der Waals surface area (Å²) in [6.07, 6.45) is 4.24. The Morgan fingerprint density at radius 2 is 2.14 bits per heavy atom. The van der Waals surface area contributed by atoms with Crippen molar-refractivity contribution >= 4 is 17.5 Å². The van der Waals surface area contributed by atoms with Gasteiger partial charge in [-0.25, -0.2) is 0 Å². The van der Waals surface area contributed by atoms with Gasteiger partial charge in [0.1, 0.15) is 5.78 Å². The summed E-state index contributed by atoms with van der Waals surface area (Å²) in [6, 6.07) is 0. The van der Waals surface area contributed by atoms with Gasteiger partial charge in [-0.15, -0.1) is 11.8 Å². The second-order valence-electron chi connectivity index (χ2n) is 4.09. The normalized spacial score (nSPS) is 26.6. The van der Waals surface area contributed by atoms with E-state index in [0.29, 0.717) is 25.7 Å². The van der Waals surface area contributed by atoms with Crippen molar-refractivity contribution in [1.82, 2.24) is 4.90 Å². The first kappa shape index (κ1) is 10.1. The summed E-state index contributed by atoms with van der Waals surface area (Å²) in [5, 5.41) is 10.3. The quantitative estimate of drug-likeness (QED) is 0.713. The maximum absolute atomic E-state index is 11.1. The average Bonchev–Trinajstić information content (AvgIpc) is 2.58. The van der Waals surface area contributed by atoms with Crippen LogP contribution in [-0.2, 0) is 4.79 Å². The largest absolute Gasteiger partial charge is 0.385 e. The fourth-order valence-corrected chi connectivity index (χ4v) is 3.03. The van der Waals surface area contributed by atoms with Crippen LogP contribution < -0.4 is 0 Å². The van der Waals surface area contributed by atoms with E-state index in [0.717, 1.165) is 10.8 Å². The average molecular weight is 213 g/mol. The van der Waals surface area contributed by atoms with Crippen molar-refractivity contribution in [2.45, 2.75) is 31.3 Å². The Morgan fingerprint density at radius 1 is 1.50 bits per heavy atom. The van der Waals surface area contributed by atoms with Crippen LogP contribution in [0.1, 0.15) is 25.7 Å². The molecule has 1 fully saturated rings. The minimum atomic E-state index is -0.719. The van der Waals surface area contributed by atoms with Gasteiger partial charge < -0.3 is 10.0 Å². The number of rotatable bonds is 1. The Labute approximate surface area is 88.2 Å². The SMILES string of the molecule is CN1C=C(C2(O)CCC(=O)CC2)SC1. The molecule has 0 aromatic rings. The number of carbonyl (C=O) groups excluding carboxylic acids is 1. The predicted molar refractivity (Wildman–Crippen MR) is 56.7 cm³/mol. The molecule has 14 heavy (non-hydrogen) atoms. The Morgan fingerprint density at radius 3 is 2.64 bits per heavy atom. The van der Waals surface area contributed by atoms with E-state index < -0.39 is 5.60 Å². The molecule has 4 heteroatoms. The highest BCUT2D eigenvalue weighted by molar-refractivity contribution is 8.03. The molecule has 3 nitrogen and oxygen atoms in total. The number of hydrogen-bond acceptors (Lipinski definition) is 4. The van der Waals surface area contributed by atoms with E-state index in [9.17, 15) is 9.90 Å². The van der Waals surface area contributed by atoms with E-state index in [1.54, 1.807) is 11.8 Å². The molecule has 0 amide bonds. The molecule has 1 aliphatic heterocycles. The summed E-state index contributed by atoms with van der Waals surface area (Å²) in [5.41, 5.74) is -0.719.